The molecule has 5 N–H and O–H groups in total. The molecule has 0 aliphatic heterocycles. The second-order valence-corrected chi connectivity index (χ2v) is 7.69. The van der Waals surface area contributed by atoms with Crippen LogP contribution in [0.2, 0.25) is 0 Å². The maximum atomic E-state index is 12.2. The molecule has 32 heavy (non-hydrogen) atoms. The van der Waals surface area contributed by atoms with Gasteiger partial charge in [0, 0.05) is 30.1 Å². The lowest BCUT2D eigenvalue weighted by Crippen LogP contribution is -2.26. The van der Waals surface area contributed by atoms with Crippen molar-refractivity contribution < 1.29 is 0 Å². The van der Waals surface area contributed by atoms with Gasteiger partial charge in [-0.3, -0.25) is 4.79 Å². The molecule has 0 saturated heterocycles. The lowest BCUT2D eigenvalue weighted by Gasteiger charge is -2.24. The number of hydrogen-bond acceptors (Lipinski definition) is 6. The van der Waals surface area contributed by atoms with Crippen LogP contribution in [-0.2, 0) is 13.0 Å². The highest BCUT2D eigenvalue weighted by atomic mass is 16.1. The minimum absolute atomic E-state index is 0.185. The summed E-state index contributed by atoms with van der Waals surface area (Å²) in [5.74, 6) is 6.29. The number of nitrogens with zero attached hydrogens (tertiary/aromatic N) is 3. The molecule has 0 amide bonds. The SMILES string of the molecule is C=C/C(=C(/c1ccc(C)c(CCC)c1C#N)N(C)N)c1ccc2c(=O)[nH]nc(CN)c2c1. The third-order valence-corrected chi connectivity index (χ3v) is 5.60. The summed E-state index contributed by atoms with van der Waals surface area (Å²) in [6.45, 7) is 8.30. The van der Waals surface area contributed by atoms with Gasteiger partial charge in [0.15, 0.2) is 0 Å². The Bertz CT molecular complexity index is 1310. The van der Waals surface area contributed by atoms with Crippen molar-refractivity contribution in [3.63, 3.8) is 0 Å². The Kier molecular flexibility index (Phi) is 6.89. The predicted molar refractivity (Wildman–Crippen MR) is 129 cm³/mol. The molecule has 1 heterocycles. The van der Waals surface area contributed by atoms with Gasteiger partial charge in [-0.2, -0.15) is 10.4 Å². The number of allylic oxidation sites excluding steroid dienone is 2. The van der Waals surface area contributed by atoms with E-state index in [4.69, 9.17) is 11.6 Å². The van der Waals surface area contributed by atoms with Gasteiger partial charge in [-0.15, -0.1) is 0 Å². The lowest BCUT2D eigenvalue weighted by molar-refractivity contribution is 0.512. The van der Waals surface area contributed by atoms with E-state index in [1.54, 1.807) is 19.2 Å². The molecular weight excluding hydrogens is 400 g/mol. The van der Waals surface area contributed by atoms with Gasteiger partial charge in [0.2, 0.25) is 0 Å². The number of benzene rings is 2. The monoisotopic (exact) mass is 428 g/mol. The average Bonchev–Trinajstić information content (AvgIpc) is 2.79. The van der Waals surface area contributed by atoms with E-state index in [1.165, 1.54) is 5.01 Å². The minimum Gasteiger partial charge on any atom is -0.325 e. The number of nitriles is 1. The van der Waals surface area contributed by atoms with Crippen LogP contribution in [0.1, 0.15) is 46.9 Å². The van der Waals surface area contributed by atoms with Gasteiger partial charge in [0.1, 0.15) is 6.07 Å². The highest BCUT2D eigenvalue weighted by Gasteiger charge is 2.20. The zero-order valence-electron chi connectivity index (χ0n) is 18.7. The van der Waals surface area contributed by atoms with Gasteiger partial charge < -0.3 is 10.7 Å². The van der Waals surface area contributed by atoms with Crippen molar-refractivity contribution in [2.45, 2.75) is 33.2 Å². The maximum Gasteiger partial charge on any atom is 0.272 e. The number of nitrogens with two attached hydrogens (primary N) is 2. The van der Waals surface area contributed by atoms with Crippen molar-refractivity contribution in [3.05, 3.63) is 86.9 Å². The quantitative estimate of drug-likeness (QED) is 0.229. The van der Waals surface area contributed by atoms with Crippen molar-refractivity contribution in [1.29, 1.82) is 5.26 Å². The molecule has 164 valence electrons. The molecule has 7 nitrogen and oxygen atoms in total. The number of H-pyrrole nitrogens is 1. The van der Waals surface area contributed by atoms with Crippen LogP contribution < -0.4 is 17.1 Å². The van der Waals surface area contributed by atoms with Crippen molar-refractivity contribution in [2.75, 3.05) is 7.05 Å². The van der Waals surface area contributed by atoms with E-state index < -0.39 is 0 Å². The molecule has 0 fully saturated rings. The summed E-state index contributed by atoms with van der Waals surface area (Å²) < 4.78 is 0. The molecule has 2 aromatic carbocycles. The fourth-order valence-electron chi connectivity index (χ4n) is 4.07. The fourth-order valence-corrected chi connectivity index (χ4v) is 4.07. The summed E-state index contributed by atoms with van der Waals surface area (Å²) in [6, 6.07) is 11.8. The van der Waals surface area contributed by atoms with Crippen LogP contribution in [0, 0.1) is 18.3 Å². The van der Waals surface area contributed by atoms with Gasteiger partial charge in [-0.05, 0) is 42.2 Å². The second kappa shape index (κ2) is 9.60. The first-order valence-corrected chi connectivity index (χ1v) is 10.5. The number of hydrogen-bond donors (Lipinski definition) is 3. The Morgan fingerprint density at radius 2 is 2.06 bits per heavy atom. The van der Waals surface area contributed by atoms with Gasteiger partial charge in [-0.25, -0.2) is 10.9 Å². The van der Waals surface area contributed by atoms with Gasteiger partial charge in [0.25, 0.3) is 5.56 Å². The molecule has 3 aromatic rings. The number of hydrazine groups is 1. The molecule has 0 atom stereocenters. The van der Waals surface area contributed by atoms with Crippen molar-refractivity contribution in [1.82, 2.24) is 15.2 Å². The van der Waals surface area contributed by atoms with Crippen molar-refractivity contribution in [2.24, 2.45) is 11.6 Å². The lowest BCUT2D eigenvalue weighted by atomic mass is 9.89. The maximum absolute atomic E-state index is 12.2. The van der Waals surface area contributed by atoms with Gasteiger partial charge >= 0.3 is 0 Å². The van der Waals surface area contributed by atoms with Gasteiger partial charge in [0.05, 0.1) is 22.3 Å². The summed E-state index contributed by atoms with van der Waals surface area (Å²) in [6.07, 6.45) is 3.44. The molecule has 0 saturated carbocycles. The number of rotatable bonds is 7. The topological polar surface area (TPSA) is 125 Å². The minimum atomic E-state index is -0.279. The molecule has 1 aromatic heterocycles. The number of aryl methyl sites for hydroxylation is 1. The first-order valence-electron chi connectivity index (χ1n) is 10.5. The van der Waals surface area contributed by atoms with Gasteiger partial charge in [-0.1, -0.05) is 44.2 Å². The molecule has 0 bridgehead atoms. The first kappa shape index (κ1) is 22.9. The van der Waals surface area contributed by atoms with E-state index in [-0.39, 0.29) is 12.1 Å². The zero-order valence-corrected chi connectivity index (χ0v) is 18.7. The predicted octanol–water partition coefficient (Wildman–Crippen LogP) is 3.37. The summed E-state index contributed by atoms with van der Waals surface area (Å²) in [5, 5.41) is 19.3. The van der Waals surface area contributed by atoms with E-state index in [0.717, 1.165) is 40.7 Å². The van der Waals surface area contributed by atoms with Crippen LogP contribution in [-0.4, -0.2) is 22.3 Å². The summed E-state index contributed by atoms with van der Waals surface area (Å²) >= 11 is 0. The normalized spacial score (nSPS) is 11.8. The molecular formula is C25H28N6O. The Morgan fingerprint density at radius 1 is 1.31 bits per heavy atom. The third-order valence-electron chi connectivity index (χ3n) is 5.60. The summed E-state index contributed by atoms with van der Waals surface area (Å²) in [4.78, 5) is 12.2. The van der Waals surface area contributed by atoms with E-state index in [9.17, 15) is 10.1 Å². The standard InChI is InChI=1S/C25H28N6O/c1-5-7-18-15(3)8-10-19(22(18)13-26)24(31(4)28)17(6-2)16-9-11-20-21(12-16)23(14-27)29-30-25(20)32/h6,8-12H,2,5,7,14,27-28H2,1,3-4H3,(H,30,32)/b24-17+. The molecule has 0 aliphatic carbocycles. The Morgan fingerprint density at radius 3 is 2.66 bits per heavy atom. The first-order chi connectivity index (χ1) is 15.4. The van der Waals surface area contributed by atoms with Crippen LogP contribution in [0.5, 0.6) is 0 Å². The van der Waals surface area contributed by atoms with Crippen molar-refractivity contribution in [3.8, 4) is 6.07 Å². The van der Waals surface area contributed by atoms with Crippen LogP contribution in [0.4, 0.5) is 0 Å². The fraction of sp³-hybridized carbons (Fsp3) is 0.240. The molecule has 0 aliphatic rings. The van der Waals surface area contributed by atoms with Crippen LogP contribution in [0.3, 0.4) is 0 Å². The highest BCUT2D eigenvalue weighted by molar-refractivity contribution is 5.98. The van der Waals surface area contributed by atoms with Crippen molar-refractivity contribution >= 4 is 22.0 Å². The number of fused-ring (bicyclic) bond motifs is 1. The van der Waals surface area contributed by atoms with E-state index in [0.29, 0.717) is 27.7 Å². The molecule has 0 spiro atoms. The Hall–Kier alpha value is -3.73. The van der Waals surface area contributed by atoms with Crippen LogP contribution >= 0.6 is 0 Å². The van der Waals surface area contributed by atoms with E-state index in [1.807, 2.05) is 31.2 Å². The molecule has 3 rings (SSSR count). The largest absolute Gasteiger partial charge is 0.325 e. The highest BCUT2D eigenvalue weighted by Crippen LogP contribution is 2.33. The number of aromatic nitrogens is 2. The average molecular weight is 429 g/mol. The Labute approximate surface area is 187 Å². The zero-order chi connectivity index (χ0) is 23.4. The van der Waals surface area contributed by atoms with Crippen LogP contribution in [0.25, 0.3) is 22.0 Å². The molecule has 0 unspecified atom stereocenters. The molecule has 0 radical (unpaired) electrons. The number of aromatic amines is 1. The Balaban J connectivity index is 2.38. The van der Waals surface area contributed by atoms with Crippen LogP contribution in [0.15, 0.2) is 47.8 Å². The second-order valence-electron chi connectivity index (χ2n) is 7.69. The smallest absolute Gasteiger partial charge is 0.272 e. The number of nitrogens with one attached hydrogen (secondary N) is 1. The van der Waals surface area contributed by atoms with E-state index in [2.05, 4.69) is 29.8 Å². The summed E-state index contributed by atoms with van der Waals surface area (Å²) in [7, 11) is 1.73. The third kappa shape index (κ3) is 4.06. The molecule has 7 heteroatoms. The van der Waals surface area contributed by atoms with E-state index >= 15 is 0 Å². The summed E-state index contributed by atoms with van der Waals surface area (Å²) in [5.41, 5.74) is 11.8.